The number of rotatable bonds is 8. The second-order valence-corrected chi connectivity index (χ2v) is 8.64. The lowest BCUT2D eigenvalue weighted by molar-refractivity contribution is -0.137. The van der Waals surface area contributed by atoms with Gasteiger partial charge in [0.05, 0.1) is 53.5 Å². The molecule has 1 amide bonds. The van der Waals surface area contributed by atoms with Gasteiger partial charge in [0, 0.05) is 26.7 Å². The molecule has 7 nitrogen and oxygen atoms in total. The summed E-state index contributed by atoms with van der Waals surface area (Å²) in [5, 5.41) is 3.33. The van der Waals surface area contributed by atoms with Crippen molar-refractivity contribution < 1.29 is 27.4 Å². The molecule has 11 heteroatoms. The fraction of sp³-hybridized carbons (Fsp3) is 0.391. The SMILES string of the molecule is COCCn1c(SCC(=O)Nc2cc(C(F)(F)F)ccc2N2CCOCC2)nc2ccccc21. The van der Waals surface area contributed by atoms with Gasteiger partial charge in [0.1, 0.15) is 0 Å². The highest BCUT2D eigenvalue weighted by atomic mass is 32.2. The highest BCUT2D eigenvalue weighted by Gasteiger charge is 2.32. The van der Waals surface area contributed by atoms with Crippen LogP contribution in [0, 0.1) is 0 Å². The lowest BCUT2D eigenvalue weighted by atomic mass is 10.1. The number of alkyl halides is 3. The van der Waals surface area contributed by atoms with Crippen LogP contribution >= 0.6 is 11.8 Å². The van der Waals surface area contributed by atoms with Crippen molar-refractivity contribution in [3.8, 4) is 0 Å². The quantitative estimate of drug-likeness (QED) is 0.472. The van der Waals surface area contributed by atoms with Crippen molar-refractivity contribution in [3.63, 3.8) is 0 Å². The molecule has 1 aliphatic rings. The van der Waals surface area contributed by atoms with Crippen molar-refractivity contribution in [1.29, 1.82) is 0 Å². The fourth-order valence-corrected chi connectivity index (χ4v) is 4.61. The van der Waals surface area contributed by atoms with Crippen molar-refractivity contribution in [2.45, 2.75) is 17.9 Å². The van der Waals surface area contributed by atoms with Gasteiger partial charge in [0.2, 0.25) is 5.91 Å². The second kappa shape index (κ2) is 10.7. The van der Waals surface area contributed by atoms with Crippen LogP contribution in [-0.2, 0) is 27.0 Å². The lowest BCUT2D eigenvalue weighted by Gasteiger charge is -2.31. The van der Waals surface area contributed by atoms with Gasteiger partial charge < -0.3 is 24.3 Å². The molecule has 2 heterocycles. The van der Waals surface area contributed by atoms with Gasteiger partial charge in [-0.05, 0) is 30.3 Å². The molecule has 0 radical (unpaired) electrons. The molecule has 1 saturated heterocycles. The summed E-state index contributed by atoms with van der Waals surface area (Å²) in [5.74, 6) is -0.418. The van der Waals surface area contributed by atoms with Crippen LogP contribution in [0.15, 0.2) is 47.6 Å². The van der Waals surface area contributed by atoms with Crippen molar-refractivity contribution in [2.24, 2.45) is 0 Å². The van der Waals surface area contributed by atoms with Crippen LogP contribution in [0.5, 0.6) is 0 Å². The Kier molecular flexibility index (Phi) is 7.64. The third-order valence-corrected chi connectivity index (χ3v) is 6.40. The van der Waals surface area contributed by atoms with Gasteiger partial charge in [-0.25, -0.2) is 4.98 Å². The van der Waals surface area contributed by atoms with E-state index in [-0.39, 0.29) is 11.4 Å². The molecule has 0 atom stereocenters. The number of para-hydroxylation sites is 2. The number of anilines is 2. The number of thioether (sulfide) groups is 1. The minimum atomic E-state index is -4.51. The Labute approximate surface area is 199 Å². The standard InChI is InChI=1S/C23H25F3N4O3S/c1-32-11-10-30-20-5-3-2-4-17(20)28-22(30)34-15-21(31)27-18-14-16(23(24,25)26)6-7-19(18)29-8-12-33-13-9-29/h2-7,14H,8-13,15H2,1H3,(H,27,31). The van der Waals surface area contributed by atoms with E-state index in [1.54, 1.807) is 7.11 Å². The number of morpholine rings is 1. The molecule has 0 spiro atoms. The Bertz CT molecular complexity index is 1150. The molecule has 182 valence electrons. The van der Waals surface area contributed by atoms with E-state index in [0.717, 1.165) is 23.2 Å². The summed E-state index contributed by atoms with van der Waals surface area (Å²) in [5.41, 5.74) is 1.59. The molecule has 0 bridgehead atoms. The Morgan fingerprint density at radius 1 is 1.21 bits per heavy atom. The average molecular weight is 495 g/mol. The summed E-state index contributed by atoms with van der Waals surface area (Å²) in [4.78, 5) is 19.3. The van der Waals surface area contributed by atoms with E-state index in [1.165, 1.54) is 17.8 Å². The minimum absolute atomic E-state index is 0.00486. The van der Waals surface area contributed by atoms with Crippen LogP contribution in [-0.4, -0.2) is 61.2 Å². The Morgan fingerprint density at radius 3 is 2.71 bits per heavy atom. The summed E-state index contributed by atoms with van der Waals surface area (Å²) in [6.45, 7) is 3.06. The van der Waals surface area contributed by atoms with Gasteiger partial charge in [-0.15, -0.1) is 0 Å². The van der Waals surface area contributed by atoms with E-state index in [0.29, 0.717) is 50.3 Å². The number of carbonyl (C=O) groups is 1. The summed E-state index contributed by atoms with van der Waals surface area (Å²) >= 11 is 1.23. The number of ether oxygens (including phenoxy) is 2. The van der Waals surface area contributed by atoms with E-state index in [1.807, 2.05) is 33.7 Å². The van der Waals surface area contributed by atoms with Crippen LogP contribution in [0.25, 0.3) is 11.0 Å². The molecule has 0 unspecified atom stereocenters. The first-order chi connectivity index (χ1) is 16.4. The van der Waals surface area contributed by atoms with E-state index >= 15 is 0 Å². The van der Waals surface area contributed by atoms with Crippen LogP contribution in [0.4, 0.5) is 24.5 Å². The molecule has 4 rings (SSSR count). The summed E-state index contributed by atoms with van der Waals surface area (Å²) in [6.07, 6.45) is -4.51. The molecule has 3 aromatic rings. The van der Waals surface area contributed by atoms with Crippen molar-refractivity contribution in [3.05, 3.63) is 48.0 Å². The van der Waals surface area contributed by atoms with Gasteiger partial charge in [0.15, 0.2) is 5.16 Å². The molecule has 1 aliphatic heterocycles. The number of nitrogens with one attached hydrogen (secondary N) is 1. The van der Waals surface area contributed by atoms with Gasteiger partial charge in [-0.3, -0.25) is 4.79 Å². The number of aromatic nitrogens is 2. The number of nitrogens with zero attached hydrogens (tertiary/aromatic N) is 3. The number of imidazole rings is 1. The van der Waals surface area contributed by atoms with Gasteiger partial charge in [-0.2, -0.15) is 13.2 Å². The summed E-state index contributed by atoms with van der Waals surface area (Å²) in [6, 6.07) is 11.1. The van der Waals surface area contributed by atoms with E-state index in [4.69, 9.17) is 9.47 Å². The first-order valence-electron chi connectivity index (χ1n) is 10.8. The Hall–Kier alpha value is -2.76. The number of hydrogen-bond donors (Lipinski definition) is 1. The third-order valence-electron chi connectivity index (χ3n) is 5.42. The highest BCUT2D eigenvalue weighted by Crippen LogP contribution is 2.36. The van der Waals surface area contributed by atoms with Crippen molar-refractivity contribution in [2.75, 3.05) is 56.0 Å². The number of carbonyl (C=O) groups excluding carboxylic acids is 1. The average Bonchev–Trinajstić information content (AvgIpc) is 3.18. The maximum Gasteiger partial charge on any atom is 0.416 e. The van der Waals surface area contributed by atoms with Crippen molar-refractivity contribution >= 4 is 40.1 Å². The van der Waals surface area contributed by atoms with Gasteiger partial charge in [-0.1, -0.05) is 23.9 Å². The van der Waals surface area contributed by atoms with E-state index < -0.39 is 17.6 Å². The van der Waals surface area contributed by atoms with Crippen LogP contribution in [0.3, 0.4) is 0 Å². The number of fused-ring (bicyclic) bond motifs is 1. The molecule has 0 saturated carbocycles. The molecule has 34 heavy (non-hydrogen) atoms. The second-order valence-electron chi connectivity index (χ2n) is 7.69. The van der Waals surface area contributed by atoms with Crippen molar-refractivity contribution in [1.82, 2.24) is 9.55 Å². The molecule has 1 fully saturated rings. The first kappa shape index (κ1) is 24.4. The van der Waals surface area contributed by atoms with Gasteiger partial charge in [0.25, 0.3) is 0 Å². The predicted octanol–water partition coefficient (Wildman–Crippen LogP) is 4.27. The minimum Gasteiger partial charge on any atom is -0.383 e. The Balaban J connectivity index is 1.52. The normalized spacial score (nSPS) is 14.5. The lowest BCUT2D eigenvalue weighted by Crippen LogP contribution is -2.37. The fourth-order valence-electron chi connectivity index (χ4n) is 3.77. The van der Waals surface area contributed by atoms with Gasteiger partial charge >= 0.3 is 6.18 Å². The topological polar surface area (TPSA) is 68.6 Å². The van der Waals surface area contributed by atoms with E-state index in [2.05, 4.69) is 10.3 Å². The zero-order chi connectivity index (χ0) is 24.1. The monoisotopic (exact) mass is 494 g/mol. The molecule has 0 aliphatic carbocycles. The number of amides is 1. The van der Waals surface area contributed by atoms with Crippen LogP contribution < -0.4 is 10.2 Å². The largest absolute Gasteiger partial charge is 0.416 e. The van der Waals surface area contributed by atoms with Crippen LogP contribution in [0.1, 0.15) is 5.56 Å². The smallest absolute Gasteiger partial charge is 0.383 e. The molecule has 2 aromatic carbocycles. The molecule has 1 aromatic heterocycles. The maximum absolute atomic E-state index is 13.3. The first-order valence-corrected chi connectivity index (χ1v) is 11.8. The zero-order valence-electron chi connectivity index (χ0n) is 18.6. The highest BCUT2D eigenvalue weighted by molar-refractivity contribution is 7.99. The summed E-state index contributed by atoms with van der Waals surface area (Å²) in [7, 11) is 1.61. The predicted molar refractivity (Wildman–Crippen MR) is 125 cm³/mol. The number of methoxy groups -OCH3 is 1. The van der Waals surface area contributed by atoms with E-state index in [9.17, 15) is 18.0 Å². The number of hydrogen-bond acceptors (Lipinski definition) is 6. The Morgan fingerprint density at radius 2 is 1.97 bits per heavy atom. The zero-order valence-corrected chi connectivity index (χ0v) is 19.4. The maximum atomic E-state index is 13.3. The number of halogens is 3. The molecular weight excluding hydrogens is 469 g/mol. The molecular formula is C23H25F3N4O3S. The summed E-state index contributed by atoms with van der Waals surface area (Å²) < 4.78 is 52.5. The molecule has 1 N–H and O–H groups in total. The van der Waals surface area contributed by atoms with Crippen LogP contribution in [0.2, 0.25) is 0 Å². The third kappa shape index (κ3) is 5.65. The number of benzene rings is 2.